The first kappa shape index (κ1) is 43.8. The molecule has 4 amide bonds. The molecule has 0 radical (unpaired) electrons. The normalized spacial score (nSPS) is 18.8. The number of carbonyl (C=O) groups is 6. The topological polar surface area (TPSA) is 238 Å². The third-order valence-corrected chi connectivity index (χ3v) is 14.4. The first-order valence-corrected chi connectivity index (χ1v) is 22.2. The zero-order valence-electron chi connectivity index (χ0n) is 34.1. The Balaban J connectivity index is 0.945. The van der Waals surface area contributed by atoms with E-state index in [1.165, 1.54) is 9.21 Å². The summed E-state index contributed by atoms with van der Waals surface area (Å²) in [5.74, 6) is -4.22. The van der Waals surface area contributed by atoms with Gasteiger partial charge >= 0.3 is 11.9 Å². The zero-order chi connectivity index (χ0) is 44.5. The Labute approximate surface area is 361 Å². The van der Waals surface area contributed by atoms with Gasteiger partial charge in [0.05, 0.1) is 12.3 Å². The lowest BCUT2D eigenvalue weighted by atomic mass is 9.89. The summed E-state index contributed by atoms with van der Waals surface area (Å²) >= 11 is 0.997. The first-order valence-electron chi connectivity index (χ1n) is 19.8. The molecule has 0 aliphatic carbocycles. The zero-order valence-corrected chi connectivity index (χ0v) is 35.7. The van der Waals surface area contributed by atoms with Crippen LogP contribution >= 0.6 is 11.3 Å². The summed E-state index contributed by atoms with van der Waals surface area (Å²) in [7, 11) is -3.83. The number of anilines is 2. The highest BCUT2D eigenvalue weighted by Gasteiger charge is 2.42. The van der Waals surface area contributed by atoms with Crippen molar-refractivity contribution in [3.05, 3.63) is 93.9 Å². The van der Waals surface area contributed by atoms with Gasteiger partial charge in [0.1, 0.15) is 17.5 Å². The van der Waals surface area contributed by atoms with Crippen molar-refractivity contribution in [1.82, 2.24) is 14.5 Å². The Hall–Kier alpha value is -6.31. The number of amides is 4. The van der Waals surface area contributed by atoms with Crippen LogP contribution < -0.4 is 25.4 Å². The van der Waals surface area contributed by atoms with Gasteiger partial charge in [-0.3, -0.25) is 24.5 Å². The van der Waals surface area contributed by atoms with Gasteiger partial charge < -0.3 is 35.2 Å². The summed E-state index contributed by atoms with van der Waals surface area (Å²) in [4.78, 5) is 75.3. The number of carboxylic acids is 2. The minimum Gasteiger partial charge on any atom is -0.483 e. The fourth-order valence-electron chi connectivity index (χ4n) is 8.29. The van der Waals surface area contributed by atoms with Crippen molar-refractivity contribution in [3.63, 3.8) is 0 Å². The Morgan fingerprint density at radius 2 is 1.69 bits per heavy atom. The number of ether oxygens (including phenoxy) is 2. The highest BCUT2D eigenvalue weighted by Crippen LogP contribution is 2.42. The van der Waals surface area contributed by atoms with E-state index in [1.54, 1.807) is 49.4 Å². The third kappa shape index (κ3) is 9.44. The summed E-state index contributed by atoms with van der Waals surface area (Å²) in [5.41, 5.74) is 2.93. The molecule has 17 nitrogen and oxygen atoms in total. The molecule has 19 heteroatoms. The minimum atomic E-state index is -3.83. The molecule has 0 spiro atoms. The Kier molecular flexibility index (Phi) is 12.4. The molecule has 3 aromatic carbocycles. The van der Waals surface area contributed by atoms with Crippen LogP contribution in [0.3, 0.4) is 0 Å². The number of sulfonamides is 1. The highest BCUT2D eigenvalue weighted by atomic mass is 32.2. The molecule has 62 heavy (non-hydrogen) atoms. The van der Waals surface area contributed by atoms with E-state index in [2.05, 4.69) is 16.0 Å². The van der Waals surface area contributed by atoms with Gasteiger partial charge in [-0.05, 0) is 87.6 Å². The number of fused-ring (bicyclic) bond motifs is 1. The van der Waals surface area contributed by atoms with Gasteiger partial charge in [-0.15, -0.1) is 11.3 Å². The maximum Gasteiger partial charge on any atom is 0.349 e. The number of thiophene rings is 1. The van der Waals surface area contributed by atoms with Gasteiger partial charge in [0, 0.05) is 57.5 Å². The summed E-state index contributed by atoms with van der Waals surface area (Å²) in [6.45, 7) is 4.67. The van der Waals surface area contributed by atoms with E-state index in [9.17, 15) is 42.3 Å². The number of aromatic carboxylic acids is 1. The van der Waals surface area contributed by atoms with Gasteiger partial charge in [0.15, 0.2) is 18.1 Å². The SMILES string of the molecule is Cc1c(-c2cccc(N[C@H]3CCN(S(=O)(=O)Cc4cccc(NC(=O)COc5cccc6c5CN(C5CCC(=O)NC5=O)C6=O)c4)C(C)(C)C3)c2)sc(C(=O)O)c1OCC(=O)O. The van der Waals surface area contributed by atoms with Crippen molar-refractivity contribution in [2.45, 2.75) is 76.4 Å². The highest BCUT2D eigenvalue weighted by molar-refractivity contribution is 7.88. The van der Waals surface area contributed by atoms with Crippen LogP contribution in [0.15, 0.2) is 66.7 Å². The molecular weight excluding hydrogens is 843 g/mol. The lowest BCUT2D eigenvalue weighted by molar-refractivity contribution is -0.139. The molecular formula is C43H45N5O12S2. The fraction of sp³-hybridized carbons (Fsp3) is 0.349. The number of benzene rings is 3. The minimum absolute atomic E-state index is 0.0190. The number of rotatable bonds is 15. The van der Waals surface area contributed by atoms with Gasteiger partial charge in [-0.25, -0.2) is 18.0 Å². The Morgan fingerprint density at radius 3 is 2.42 bits per heavy atom. The molecule has 7 rings (SSSR count). The van der Waals surface area contributed by atoms with E-state index in [1.807, 2.05) is 38.1 Å². The molecule has 2 fully saturated rings. The van der Waals surface area contributed by atoms with Crippen LogP contribution in [0.5, 0.6) is 11.5 Å². The maximum absolute atomic E-state index is 13.9. The summed E-state index contributed by atoms with van der Waals surface area (Å²) < 4.78 is 40.6. The molecule has 3 aliphatic rings. The van der Waals surface area contributed by atoms with Crippen LogP contribution in [0.2, 0.25) is 0 Å². The maximum atomic E-state index is 13.9. The molecule has 0 bridgehead atoms. The Bertz CT molecular complexity index is 2590. The lowest BCUT2D eigenvalue weighted by Gasteiger charge is -2.45. The number of carbonyl (C=O) groups excluding carboxylic acids is 4. The smallest absolute Gasteiger partial charge is 0.349 e. The van der Waals surface area contributed by atoms with E-state index in [4.69, 9.17) is 14.6 Å². The predicted octanol–water partition coefficient (Wildman–Crippen LogP) is 4.85. The molecule has 2 saturated heterocycles. The first-order chi connectivity index (χ1) is 29.4. The van der Waals surface area contributed by atoms with Crippen LogP contribution in [0.25, 0.3) is 10.4 Å². The van der Waals surface area contributed by atoms with Gasteiger partial charge in [-0.1, -0.05) is 30.3 Å². The molecule has 3 aliphatic heterocycles. The van der Waals surface area contributed by atoms with Crippen LogP contribution in [0.1, 0.15) is 76.3 Å². The van der Waals surface area contributed by atoms with E-state index < -0.39 is 58.6 Å². The van der Waals surface area contributed by atoms with Crippen molar-refractivity contribution >= 4 is 68.3 Å². The number of piperidine rings is 2. The van der Waals surface area contributed by atoms with Crippen LogP contribution in [0, 0.1) is 6.92 Å². The van der Waals surface area contributed by atoms with E-state index in [0.29, 0.717) is 57.0 Å². The average Bonchev–Trinajstić information content (AvgIpc) is 3.72. The molecule has 0 saturated carbocycles. The summed E-state index contributed by atoms with van der Waals surface area (Å²) in [5, 5.41) is 27.4. The molecule has 2 atom stereocenters. The predicted molar refractivity (Wildman–Crippen MR) is 228 cm³/mol. The third-order valence-electron chi connectivity index (χ3n) is 11.0. The largest absolute Gasteiger partial charge is 0.483 e. The van der Waals surface area contributed by atoms with Crippen molar-refractivity contribution in [2.24, 2.45) is 0 Å². The second-order valence-electron chi connectivity index (χ2n) is 16.0. The van der Waals surface area contributed by atoms with Gasteiger partial charge in [0.25, 0.3) is 11.8 Å². The number of aliphatic carboxylic acids is 1. The number of hydrogen-bond acceptors (Lipinski definition) is 12. The van der Waals surface area contributed by atoms with Crippen molar-refractivity contribution in [1.29, 1.82) is 0 Å². The Morgan fingerprint density at radius 1 is 0.952 bits per heavy atom. The monoisotopic (exact) mass is 887 g/mol. The van der Waals surface area contributed by atoms with Crippen LogP contribution in [0.4, 0.5) is 11.4 Å². The van der Waals surface area contributed by atoms with Crippen LogP contribution in [-0.2, 0) is 41.5 Å². The van der Waals surface area contributed by atoms with Crippen molar-refractivity contribution in [2.75, 3.05) is 30.4 Å². The molecule has 4 heterocycles. The second-order valence-corrected chi connectivity index (χ2v) is 18.9. The summed E-state index contributed by atoms with van der Waals surface area (Å²) in [6, 6.07) is 17.9. The molecule has 4 aromatic rings. The second kappa shape index (κ2) is 17.6. The van der Waals surface area contributed by atoms with E-state index in [0.717, 1.165) is 17.0 Å². The quantitative estimate of drug-likeness (QED) is 0.101. The number of nitrogens with one attached hydrogen (secondary N) is 3. The van der Waals surface area contributed by atoms with Crippen LogP contribution in [-0.4, -0.2) is 101 Å². The van der Waals surface area contributed by atoms with Gasteiger partial charge in [0.2, 0.25) is 21.8 Å². The van der Waals surface area contributed by atoms with Crippen molar-refractivity contribution in [3.8, 4) is 21.9 Å². The van der Waals surface area contributed by atoms with E-state index in [-0.39, 0.29) is 60.2 Å². The molecule has 1 unspecified atom stereocenters. The number of imide groups is 1. The summed E-state index contributed by atoms with van der Waals surface area (Å²) in [6.07, 6.45) is 1.32. The number of carboxylic acid groups (broad SMARTS) is 2. The van der Waals surface area contributed by atoms with Gasteiger partial charge in [-0.2, -0.15) is 4.31 Å². The molecule has 1 aromatic heterocycles. The molecule has 5 N–H and O–H groups in total. The standard InChI is InChI=1S/C43H45N5O12S2/c1-24-37(60-22-36(51)52)39(42(55)56)61-38(24)26-8-5-10-28(18-26)44-29-15-16-48(43(2,3)19-29)62(57,58)23-25-7-4-9-27(17-25)45-35(50)21-59-33-12-6-11-30-31(33)20-47(41(30)54)32-13-14-34(49)46-40(32)53/h4-12,17-18,29,32,44H,13-16,19-23H2,1-3H3,(H,45,50)(H,51,52)(H,55,56)(H,46,49,53)/t29-,32?/m0/s1. The van der Waals surface area contributed by atoms with E-state index >= 15 is 0 Å². The number of hydrogen-bond donors (Lipinski definition) is 5. The molecule has 326 valence electrons. The average molecular weight is 888 g/mol. The number of nitrogens with zero attached hydrogens (tertiary/aromatic N) is 2. The fourth-order valence-corrected chi connectivity index (χ4v) is 11.3. The van der Waals surface area contributed by atoms with Crippen molar-refractivity contribution < 1.29 is 56.9 Å². The lowest BCUT2D eigenvalue weighted by Crippen LogP contribution is -2.55.